The number of nitrogens with zero attached hydrogens (tertiary/aromatic N) is 1. The van der Waals surface area contributed by atoms with Crippen LogP contribution in [0.3, 0.4) is 0 Å². The van der Waals surface area contributed by atoms with Crippen molar-refractivity contribution in [1.82, 2.24) is 4.90 Å². The molecule has 6 aliphatic carbocycles. The molecule has 3 heterocycles. The van der Waals surface area contributed by atoms with Crippen LogP contribution in [0.25, 0.3) is 0 Å². The molecule has 9 rings (SSSR count). The molecule has 0 aromatic heterocycles. The maximum absolute atomic E-state index is 12.2. The number of carbonyl (C=O) groups is 2. The third kappa shape index (κ3) is 1.62. The molecule has 1 N–H and O–H groups in total. The van der Waals surface area contributed by atoms with Gasteiger partial charge in [0.25, 0.3) is 0 Å². The Morgan fingerprint density at radius 1 is 1.10 bits per heavy atom. The maximum atomic E-state index is 12.2. The molecule has 6 saturated carbocycles. The predicted octanol–water partition coefficient (Wildman–Crippen LogP) is 1.91. The van der Waals surface area contributed by atoms with E-state index >= 15 is 0 Å². The van der Waals surface area contributed by atoms with Gasteiger partial charge >= 0.3 is 11.9 Å². The highest BCUT2D eigenvalue weighted by molar-refractivity contribution is 5.67. The molecule has 0 amide bonds. The summed E-state index contributed by atoms with van der Waals surface area (Å²) in [6, 6.07) is 0.855. The van der Waals surface area contributed by atoms with Crippen LogP contribution in [-0.4, -0.2) is 58.9 Å². The zero-order chi connectivity index (χ0) is 21.0. The van der Waals surface area contributed by atoms with Gasteiger partial charge in [-0.3, -0.25) is 14.5 Å². The molecule has 9 fully saturated rings. The van der Waals surface area contributed by atoms with Crippen molar-refractivity contribution >= 4 is 11.9 Å². The average molecular weight is 414 g/mol. The van der Waals surface area contributed by atoms with Crippen LogP contribution in [0.1, 0.15) is 46.5 Å². The largest absolute Gasteiger partial charge is 0.461 e. The van der Waals surface area contributed by atoms with Crippen LogP contribution in [0.2, 0.25) is 0 Å². The minimum atomic E-state index is -0.309. The van der Waals surface area contributed by atoms with Gasteiger partial charge in [-0.25, -0.2) is 0 Å². The second kappa shape index (κ2) is 4.98. The number of rotatable bonds is 2. The van der Waals surface area contributed by atoms with Crippen LogP contribution in [-0.2, 0) is 19.1 Å². The number of fused-ring (bicyclic) bond motifs is 1. The van der Waals surface area contributed by atoms with Crippen molar-refractivity contribution in [3.8, 4) is 0 Å². The highest BCUT2D eigenvalue weighted by Crippen LogP contribution is 2.87. The van der Waals surface area contributed by atoms with Crippen molar-refractivity contribution in [3.05, 3.63) is 12.2 Å². The lowest BCUT2D eigenvalue weighted by Gasteiger charge is -2.66. The molecule has 9 aliphatic rings. The van der Waals surface area contributed by atoms with Crippen LogP contribution < -0.4 is 0 Å². The summed E-state index contributed by atoms with van der Waals surface area (Å²) in [6.07, 6.45) is 2.80. The number of esters is 2. The lowest BCUT2D eigenvalue weighted by atomic mass is 9.39. The first-order valence-electron chi connectivity index (χ1n) is 11.6. The Morgan fingerprint density at radius 2 is 1.80 bits per heavy atom. The lowest BCUT2D eigenvalue weighted by Crippen LogP contribution is -2.69. The Balaban J connectivity index is 1.48. The summed E-state index contributed by atoms with van der Waals surface area (Å²) in [6.45, 7) is 10.8. The molecule has 6 heteroatoms. The van der Waals surface area contributed by atoms with Crippen molar-refractivity contribution in [2.24, 2.45) is 39.9 Å². The minimum Gasteiger partial charge on any atom is -0.461 e. The summed E-state index contributed by atoms with van der Waals surface area (Å²) >= 11 is 0. The van der Waals surface area contributed by atoms with E-state index in [1.807, 2.05) is 0 Å². The Hall–Kier alpha value is -1.40. The molecule has 13 atom stereocenters. The average Bonchev–Trinajstić information content (AvgIpc) is 3.01. The molecular formula is C24H31NO5. The third-order valence-corrected chi connectivity index (χ3v) is 10.7. The van der Waals surface area contributed by atoms with Gasteiger partial charge in [0.2, 0.25) is 0 Å². The normalized spacial score (nSPS) is 62.7. The van der Waals surface area contributed by atoms with E-state index in [1.54, 1.807) is 0 Å². The first-order chi connectivity index (χ1) is 14.1. The lowest BCUT2D eigenvalue weighted by molar-refractivity contribution is -0.230. The topological polar surface area (TPSA) is 76.1 Å². The van der Waals surface area contributed by atoms with Gasteiger partial charge in [0, 0.05) is 49.7 Å². The molecule has 3 saturated heterocycles. The quantitative estimate of drug-likeness (QED) is 0.551. The Labute approximate surface area is 177 Å². The van der Waals surface area contributed by atoms with Crippen molar-refractivity contribution in [2.45, 2.75) is 76.9 Å². The third-order valence-electron chi connectivity index (χ3n) is 10.7. The fourth-order valence-corrected chi connectivity index (χ4v) is 11.3. The molecule has 0 radical (unpaired) electrons. The van der Waals surface area contributed by atoms with Gasteiger partial charge in [0.05, 0.1) is 12.0 Å². The summed E-state index contributed by atoms with van der Waals surface area (Å²) < 4.78 is 12.2. The number of carbonyl (C=O) groups excluding carboxylic acids is 2. The summed E-state index contributed by atoms with van der Waals surface area (Å²) in [5, 5.41) is 11.0. The van der Waals surface area contributed by atoms with Gasteiger partial charge < -0.3 is 14.6 Å². The standard InChI is InChI=1S/C24H31NO5/c1-10-5-23-8-14-19-22(4)6-13(28)7-24(19)20(23)18(30-12(3)27)15(10)17(29-11(2)26)16(23)21(24)25(14)9-22/h13-21,28H,1,5-9H2,2-4H3/t13-,14-,15-,16?,17?,18+,19+,20+,21?,22-,23-,24-/m0/s1. The molecule has 3 aliphatic heterocycles. The summed E-state index contributed by atoms with van der Waals surface area (Å²) in [5.74, 6) is 0.350. The van der Waals surface area contributed by atoms with Gasteiger partial charge in [-0.1, -0.05) is 19.1 Å². The van der Waals surface area contributed by atoms with Crippen LogP contribution in [0.4, 0.5) is 0 Å². The van der Waals surface area contributed by atoms with Gasteiger partial charge in [-0.15, -0.1) is 0 Å². The first-order valence-corrected chi connectivity index (χ1v) is 11.6. The number of aliphatic hydroxyl groups excluding tert-OH is 1. The van der Waals surface area contributed by atoms with Gasteiger partial charge in [-0.2, -0.15) is 0 Å². The summed E-state index contributed by atoms with van der Waals surface area (Å²) in [5.41, 5.74) is 1.12. The van der Waals surface area contributed by atoms with E-state index in [4.69, 9.17) is 9.47 Å². The monoisotopic (exact) mass is 413 g/mol. The molecule has 0 aromatic carbocycles. The number of hydrogen-bond acceptors (Lipinski definition) is 6. The maximum Gasteiger partial charge on any atom is 0.302 e. The van der Waals surface area contributed by atoms with E-state index < -0.39 is 0 Å². The van der Waals surface area contributed by atoms with E-state index in [9.17, 15) is 14.7 Å². The Kier molecular flexibility index (Phi) is 3.02. The molecular weight excluding hydrogens is 382 g/mol. The van der Waals surface area contributed by atoms with Crippen molar-refractivity contribution in [3.63, 3.8) is 0 Å². The molecule has 6 nitrogen and oxygen atoms in total. The highest BCUT2D eigenvalue weighted by atomic mass is 16.6. The van der Waals surface area contributed by atoms with Gasteiger partial charge in [-0.05, 0) is 42.4 Å². The van der Waals surface area contributed by atoms with Gasteiger partial charge in [0.1, 0.15) is 12.2 Å². The molecule has 4 unspecified atom stereocenters. The summed E-state index contributed by atoms with van der Waals surface area (Å²) in [7, 11) is 0. The highest BCUT2D eigenvalue weighted by Gasteiger charge is 2.91. The predicted molar refractivity (Wildman–Crippen MR) is 106 cm³/mol. The van der Waals surface area contributed by atoms with Crippen LogP contribution in [0, 0.1) is 39.9 Å². The molecule has 9 bridgehead atoms. The minimum absolute atomic E-state index is 0.0310. The van der Waals surface area contributed by atoms with Crippen LogP contribution in [0.5, 0.6) is 0 Å². The molecule has 162 valence electrons. The van der Waals surface area contributed by atoms with Crippen molar-refractivity contribution < 1.29 is 24.2 Å². The molecule has 30 heavy (non-hydrogen) atoms. The molecule has 2 spiro atoms. The SMILES string of the molecule is C=C1C[C@]23C[C@H]4[C@@H]5[C@@]6(C)C[C@H](O)C[C@]57C(C2C(OC(C)=O)[C@H]1[C@@H](OC(C)=O)[C@H]37)N4C6. The molecule has 0 aromatic rings. The van der Waals surface area contributed by atoms with Gasteiger partial charge in [0.15, 0.2) is 0 Å². The zero-order valence-electron chi connectivity index (χ0n) is 18.0. The second-order valence-corrected chi connectivity index (χ2v) is 11.9. The number of hydrogen-bond donors (Lipinski definition) is 1. The second-order valence-electron chi connectivity index (χ2n) is 11.9. The number of ether oxygens (including phenoxy) is 2. The van der Waals surface area contributed by atoms with E-state index in [-0.39, 0.29) is 64.2 Å². The Bertz CT molecular complexity index is 917. The van der Waals surface area contributed by atoms with Crippen molar-refractivity contribution in [2.75, 3.05) is 6.54 Å². The number of piperidine rings is 2. The zero-order valence-corrected chi connectivity index (χ0v) is 18.0. The van der Waals surface area contributed by atoms with E-state index in [2.05, 4.69) is 18.4 Å². The summed E-state index contributed by atoms with van der Waals surface area (Å²) in [4.78, 5) is 27.2. The van der Waals surface area contributed by atoms with Crippen molar-refractivity contribution in [1.29, 1.82) is 0 Å². The van der Waals surface area contributed by atoms with Crippen LogP contribution >= 0.6 is 0 Å². The first kappa shape index (κ1) is 18.2. The smallest absolute Gasteiger partial charge is 0.302 e. The van der Waals surface area contributed by atoms with E-state index in [0.29, 0.717) is 18.0 Å². The fraction of sp³-hybridized carbons (Fsp3) is 0.833. The Morgan fingerprint density at radius 3 is 2.50 bits per heavy atom. The van der Waals surface area contributed by atoms with E-state index in [0.717, 1.165) is 37.8 Å². The number of aliphatic hydroxyl groups is 1. The van der Waals surface area contributed by atoms with Crippen LogP contribution in [0.15, 0.2) is 12.2 Å². The fourth-order valence-electron chi connectivity index (χ4n) is 11.3. The van der Waals surface area contributed by atoms with E-state index in [1.165, 1.54) is 13.8 Å².